The van der Waals surface area contributed by atoms with Gasteiger partial charge >= 0.3 is 6.18 Å². The van der Waals surface area contributed by atoms with Crippen molar-refractivity contribution in [2.75, 3.05) is 37.6 Å². The van der Waals surface area contributed by atoms with E-state index >= 15 is 0 Å². The zero-order chi connectivity index (χ0) is 15.6. The van der Waals surface area contributed by atoms with Crippen LogP contribution in [0, 0.1) is 5.82 Å². The van der Waals surface area contributed by atoms with E-state index < -0.39 is 18.5 Å². The zero-order valence-electron chi connectivity index (χ0n) is 11.6. The summed E-state index contributed by atoms with van der Waals surface area (Å²) in [5.41, 5.74) is 0.610. The van der Waals surface area contributed by atoms with Crippen molar-refractivity contribution >= 4 is 11.5 Å². The molecule has 0 aromatic heterocycles. The number of anilines is 1. The maximum Gasteiger partial charge on any atom is 0.401 e. The van der Waals surface area contributed by atoms with Gasteiger partial charge in [0.2, 0.25) is 0 Å². The van der Waals surface area contributed by atoms with Gasteiger partial charge < -0.3 is 4.90 Å². The van der Waals surface area contributed by atoms with Crippen LogP contribution in [0.3, 0.4) is 0 Å². The number of alkyl halides is 3. The molecule has 0 atom stereocenters. The molecule has 0 bridgehead atoms. The van der Waals surface area contributed by atoms with Crippen molar-refractivity contribution in [3.8, 4) is 0 Å². The Bertz CT molecular complexity index is 522. The smallest absolute Gasteiger partial charge is 0.367 e. The molecular weight excluding hydrogens is 288 g/mol. The van der Waals surface area contributed by atoms with Gasteiger partial charge in [-0.1, -0.05) is 0 Å². The fourth-order valence-corrected chi connectivity index (χ4v) is 2.38. The van der Waals surface area contributed by atoms with Crippen molar-refractivity contribution in [1.29, 1.82) is 0 Å². The van der Waals surface area contributed by atoms with Crippen LogP contribution in [0.1, 0.15) is 17.3 Å². The van der Waals surface area contributed by atoms with Gasteiger partial charge in [-0.2, -0.15) is 13.2 Å². The summed E-state index contributed by atoms with van der Waals surface area (Å²) in [6.07, 6.45) is -4.21. The van der Waals surface area contributed by atoms with Gasteiger partial charge in [0.1, 0.15) is 5.82 Å². The summed E-state index contributed by atoms with van der Waals surface area (Å²) in [6, 6.07) is 4.20. The number of Topliss-reactive ketones (excluding diaryl/α,β-unsaturated/α-hetero) is 1. The maximum atomic E-state index is 14.0. The molecular formula is C14H16F4N2O. The molecule has 116 valence electrons. The van der Waals surface area contributed by atoms with E-state index in [9.17, 15) is 22.4 Å². The van der Waals surface area contributed by atoms with Gasteiger partial charge in [0.15, 0.2) is 5.78 Å². The topological polar surface area (TPSA) is 23.6 Å². The largest absolute Gasteiger partial charge is 0.401 e. The predicted molar refractivity (Wildman–Crippen MR) is 71.1 cm³/mol. The van der Waals surface area contributed by atoms with E-state index in [1.165, 1.54) is 30.0 Å². The Morgan fingerprint density at radius 2 is 1.81 bits per heavy atom. The Labute approximate surface area is 120 Å². The molecule has 2 rings (SSSR count). The molecule has 0 saturated carbocycles. The summed E-state index contributed by atoms with van der Waals surface area (Å²) >= 11 is 0. The summed E-state index contributed by atoms with van der Waals surface area (Å²) in [7, 11) is 0. The minimum Gasteiger partial charge on any atom is -0.367 e. The number of halogens is 4. The predicted octanol–water partition coefficient (Wildman–Crippen LogP) is 2.71. The van der Waals surface area contributed by atoms with Gasteiger partial charge in [-0.25, -0.2) is 4.39 Å². The van der Waals surface area contributed by atoms with E-state index in [-0.39, 0.29) is 24.4 Å². The highest BCUT2D eigenvalue weighted by molar-refractivity contribution is 5.94. The summed E-state index contributed by atoms with van der Waals surface area (Å²) in [4.78, 5) is 14.2. The van der Waals surface area contributed by atoms with E-state index in [1.807, 2.05) is 0 Å². The second-order valence-corrected chi connectivity index (χ2v) is 5.10. The maximum absolute atomic E-state index is 14.0. The molecule has 0 aliphatic carbocycles. The monoisotopic (exact) mass is 304 g/mol. The number of benzene rings is 1. The number of piperazine rings is 1. The lowest BCUT2D eigenvalue weighted by atomic mass is 10.1. The van der Waals surface area contributed by atoms with E-state index in [0.717, 1.165) is 0 Å². The molecule has 0 N–H and O–H groups in total. The number of rotatable bonds is 3. The Kier molecular flexibility index (Phi) is 4.51. The fourth-order valence-electron chi connectivity index (χ4n) is 2.38. The zero-order valence-corrected chi connectivity index (χ0v) is 11.6. The number of hydrogen-bond donors (Lipinski definition) is 0. The van der Waals surface area contributed by atoms with Gasteiger partial charge in [-0.15, -0.1) is 0 Å². The molecule has 21 heavy (non-hydrogen) atoms. The van der Waals surface area contributed by atoms with Crippen molar-refractivity contribution in [2.45, 2.75) is 13.1 Å². The molecule has 0 radical (unpaired) electrons. The van der Waals surface area contributed by atoms with Crippen LogP contribution in [0.5, 0.6) is 0 Å². The molecule has 1 fully saturated rings. The van der Waals surface area contributed by atoms with Gasteiger partial charge in [0, 0.05) is 31.7 Å². The molecule has 1 aromatic rings. The van der Waals surface area contributed by atoms with Gasteiger partial charge in [0.05, 0.1) is 12.2 Å². The second-order valence-electron chi connectivity index (χ2n) is 5.10. The van der Waals surface area contributed by atoms with Crippen LogP contribution in [0.15, 0.2) is 18.2 Å². The minimum absolute atomic E-state index is 0.226. The third kappa shape index (κ3) is 4.17. The Balaban J connectivity index is 2.01. The first-order valence-corrected chi connectivity index (χ1v) is 6.61. The van der Waals surface area contributed by atoms with Crippen LogP contribution >= 0.6 is 0 Å². The summed E-state index contributed by atoms with van der Waals surface area (Å²) in [5, 5.41) is 0. The number of carbonyl (C=O) groups excluding carboxylic acids is 1. The van der Waals surface area contributed by atoms with E-state index in [0.29, 0.717) is 18.8 Å². The molecule has 1 heterocycles. The van der Waals surface area contributed by atoms with Crippen LogP contribution in [0.2, 0.25) is 0 Å². The van der Waals surface area contributed by atoms with E-state index in [1.54, 1.807) is 4.90 Å². The number of carbonyl (C=O) groups is 1. The van der Waals surface area contributed by atoms with Crippen LogP contribution < -0.4 is 4.90 Å². The number of hydrogen-bond acceptors (Lipinski definition) is 3. The first kappa shape index (κ1) is 15.8. The molecule has 0 unspecified atom stereocenters. The van der Waals surface area contributed by atoms with Gasteiger partial charge in [-0.05, 0) is 25.1 Å². The van der Waals surface area contributed by atoms with Crippen LogP contribution in [-0.2, 0) is 0 Å². The summed E-state index contributed by atoms with van der Waals surface area (Å²) in [5.74, 6) is -0.748. The average molecular weight is 304 g/mol. The highest BCUT2D eigenvalue weighted by Gasteiger charge is 2.32. The highest BCUT2D eigenvalue weighted by Crippen LogP contribution is 2.23. The molecule has 7 heteroatoms. The van der Waals surface area contributed by atoms with Crippen LogP contribution in [0.25, 0.3) is 0 Å². The second kappa shape index (κ2) is 6.01. The Hall–Kier alpha value is -1.63. The van der Waals surface area contributed by atoms with Crippen LogP contribution in [0.4, 0.5) is 23.2 Å². The first-order valence-electron chi connectivity index (χ1n) is 6.61. The highest BCUT2D eigenvalue weighted by atomic mass is 19.4. The molecule has 1 aliphatic heterocycles. The SMILES string of the molecule is CC(=O)c1ccc(N2CCN(CC(F)(F)F)CC2)c(F)c1. The van der Waals surface area contributed by atoms with Gasteiger partial charge in [0.25, 0.3) is 0 Å². The van der Waals surface area contributed by atoms with Gasteiger partial charge in [-0.3, -0.25) is 9.69 Å². The van der Waals surface area contributed by atoms with E-state index in [4.69, 9.17) is 0 Å². The summed E-state index contributed by atoms with van der Waals surface area (Å²) < 4.78 is 50.9. The van der Waals surface area contributed by atoms with Crippen molar-refractivity contribution in [3.63, 3.8) is 0 Å². The Morgan fingerprint density at radius 1 is 1.19 bits per heavy atom. The lowest BCUT2D eigenvalue weighted by Crippen LogP contribution is -2.49. The molecule has 3 nitrogen and oxygen atoms in total. The molecule has 1 saturated heterocycles. The van der Waals surface area contributed by atoms with Crippen molar-refractivity contribution in [2.24, 2.45) is 0 Å². The van der Waals surface area contributed by atoms with Crippen molar-refractivity contribution < 1.29 is 22.4 Å². The third-order valence-electron chi connectivity index (χ3n) is 3.47. The molecule has 1 aliphatic rings. The average Bonchev–Trinajstić information content (AvgIpc) is 2.38. The lowest BCUT2D eigenvalue weighted by Gasteiger charge is -2.36. The summed E-state index contributed by atoms with van der Waals surface area (Å²) in [6.45, 7) is 1.52. The normalized spacial score (nSPS) is 17.1. The first-order chi connectivity index (χ1) is 9.76. The number of nitrogens with zero attached hydrogens (tertiary/aromatic N) is 2. The van der Waals surface area contributed by atoms with Crippen LogP contribution in [-0.4, -0.2) is 49.6 Å². The standard InChI is InChI=1S/C14H16F4N2O/c1-10(21)11-2-3-13(12(15)8-11)20-6-4-19(5-7-20)9-14(16,17)18/h2-3,8H,4-7,9H2,1H3. The third-order valence-corrected chi connectivity index (χ3v) is 3.47. The quantitative estimate of drug-likeness (QED) is 0.634. The molecule has 1 aromatic carbocycles. The van der Waals surface area contributed by atoms with Crippen molar-refractivity contribution in [1.82, 2.24) is 4.90 Å². The Morgan fingerprint density at radius 3 is 2.29 bits per heavy atom. The van der Waals surface area contributed by atoms with E-state index in [2.05, 4.69) is 0 Å². The van der Waals surface area contributed by atoms with Crippen molar-refractivity contribution in [3.05, 3.63) is 29.6 Å². The number of ketones is 1. The lowest BCUT2D eigenvalue weighted by molar-refractivity contribution is -0.146. The minimum atomic E-state index is -4.21. The molecule has 0 amide bonds. The fraction of sp³-hybridized carbons (Fsp3) is 0.500. The molecule has 0 spiro atoms.